The van der Waals surface area contributed by atoms with Crippen LogP contribution in [0.5, 0.6) is 5.75 Å². The number of hydrogen-bond acceptors (Lipinski definition) is 8. The van der Waals surface area contributed by atoms with Crippen LogP contribution in [0.4, 0.5) is 34.5 Å². The molecule has 1 aromatic heterocycles. The van der Waals surface area contributed by atoms with Gasteiger partial charge in [-0.3, -0.25) is 0 Å². The summed E-state index contributed by atoms with van der Waals surface area (Å²) in [5, 5.41) is 7.02. The summed E-state index contributed by atoms with van der Waals surface area (Å²) < 4.78 is 11.1. The highest BCUT2D eigenvalue weighted by Gasteiger charge is 2.26. The lowest BCUT2D eigenvalue weighted by Gasteiger charge is -2.29. The highest BCUT2D eigenvalue weighted by molar-refractivity contribution is 6.33. The highest BCUT2D eigenvalue weighted by Crippen LogP contribution is 2.44. The number of ether oxygens (including phenoxy) is 2. The second-order valence-electron chi connectivity index (χ2n) is 8.25. The quantitative estimate of drug-likeness (QED) is 0.422. The monoisotopic (exact) mass is 466 g/mol. The van der Waals surface area contributed by atoms with Crippen molar-refractivity contribution >= 4 is 46.1 Å². The summed E-state index contributed by atoms with van der Waals surface area (Å²) in [4.78, 5) is 11.2. The van der Waals surface area contributed by atoms with Crippen LogP contribution in [0, 0.1) is 0 Å². The average Bonchev–Trinajstić information content (AvgIpc) is 3.67. The Labute approximate surface area is 198 Å². The molecular formula is C24H27ClN6O2. The molecule has 0 atom stereocenters. The molecule has 172 valence electrons. The lowest BCUT2D eigenvalue weighted by atomic mass is 10.1. The lowest BCUT2D eigenvalue weighted by molar-refractivity contribution is 0.122. The van der Waals surface area contributed by atoms with Crippen LogP contribution in [0.2, 0.25) is 5.02 Å². The maximum absolute atomic E-state index is 6.42. The molecule has 2 aromatic carbocycles. The van der Waals surface area contributed by atoms with Crippen molar-refractivity contribution in [3.63, 3.8) is 0 Å². The van der Waals surface area contributed by atoms with E-state index in [4.69, 9.17) is 26.8 Å². The third-order valence-electron chi connectivity index (χ3n) is 5.90. The van der Waals surface area contributed by atoms with Gasteiger partial charge in [0.25, 0.3) is 0 Å². The summed E-state index contributed by atoms with van der Waals surface area (Å²) in [6.07, 6.45) is 3.96. The first-order chi connectivity index (χ1) is 16.1. The summed E-state index contributed by atoms with van der Waals surface area (Å²) in [6.45, 7) is 3.17. The molecule has 4 N–H and O–H groups in total. The normalized spacial score (nSPS) is 15.9. The van der Waals surface area contributed by atoms with E-state index in [-0.39, 0.29) is 0 Å². The Morgan fingerprint density at radius 1 is 1.09 bits per heavy atom. The molecule has 2 heterocycles. The number of morpholine rings is 1. The van der Waals surface area contributed by atoms with Crippen LogP contribution in [-0.4, -0.2) is 43.4 Å². The van der Waals surface area contributed by atoms with Crippen molar-refractivity contribution in [1.29, 1.82) is 0 Å². The molecular weight excluding hydrogens is 440 g/mol. The second-order valence-corrected chi connectivity index (χ2v) is 8.65. The van der Waals surface area contributed by atoms with E-state index < -0.39 is 0 Å². The van der Waals surface area contributed by atoms with Gasteiger partial charge in [-0.25, -0.2) is 4.98 Å². The first-order valence-electron chi connectivity index (χ1n) is 11.1. The molecule has 1 saturated heterocycles. The average molecular weight is 467 g/mol. The smallest absolute Gasteiger partial charge is 0.229 e. The Kier molecular flexibility index (Phi) is 6.11. The number of aromatic nitrogens is 2. The number of nitrogens with two attached hydrogens (primary N) is 1. The van der Waals surface area contributed by atoms with Crippen molar-refractivity contribution in [1.82, 2.24) is 9.97 Å². The van der Waals surface area contributed by atoms with Crippen molar-refractivity contribution in [2.24, 2.45) is 0 Å². The number of methoxy groups -OCH3 is 1. The zero-order chi connectivity index (χ0) is 22.8. The van der Waals surface area contributed by atoms with Crippen LogP contribution >= 0.6 is 11.6 Å². The predicted octanol–water partition coefficient (Wildman–Crippen LogP) is 4.92. The minimum Gasteiger partial charge on any atom is -0.494 e. The first kappa shape index (κ1) is 21.6. The largest absolute Gasteiger partial charge is 0.494 e. The van der Waals surface area contributed by atoms with Gasteiger partial charge in [0, 0.05) is 36.2 Å². The van der Waals surface area contributed by atoms with Crippen LogP contribution in [0.3, 0.4) is 0 Å². The molecule has 9 heteroatoms. The number of hydrogen-bond donors (Lipinski definition) is 3. The van der Waals surface area contributed by atoms with Gasteiger partial charge in [0.1, 0.15) is 10.8 Å². The summed E-state index contributed by atoms with van der Waals surface area (Å²) in [5.41, 5.74) is 10.7. The summed E-state index contributed by atoms with van der Waals surface area (Å²) >= 11 is 6.42. The zero-order valence-corrected chi connectivity index (χ0v) is 19.2. The Morgan fingerprint density at radius 2 is 1.91 bits per heavy atom. The number of nitrogens with one attached hydrogen (secondary N) is 2. The molecule has 0 amide bonds. The molecule has 0 radical (unpaired) electrons. The third-order valence-corrected chi connectivity index (χ3v) is 6.18. The fourth-order valence-electron chi connectivity index (χ4n) is 4.00. The second kappa shape index (κ2) is 9.33. The van der Waals surface area contributed by atoms with Gasteiger partial charge in [0.15, 0.2) is 5.82 Å². The molecule has 8 nitrogen and oxygen atoms in total. The van der Waals surface area contributed by atoms with Crippen LogP contribution in [-0.2, 0) is 4.74 Å². The van der Waals surface area contributed by atoms with E-state index in [9.17, 15) is 0 Å². The fraction of sp³-hybridized carbons (Fsp3) is 0.333. The number of halogens is 1. The Balaban J connectivity index is 1.38. The van der Waals surface area contributed by atoms with E-state index >= 15 is 0 Å². The van der Waals surface area contributed by atoms with Crippen LogP contribution in [0.15, 0.2) is 42.6 Å². The Hall–Kier alpha value is -3.23. The zero-order valence-electron chi connectivity index (χ0n) is 18.5. The molecule has 5 rings (SSSR count). The van der Waals surface area contributed by atoms with Crippen molar-refractivity contribution < 1.29 is 9.47 Å². The molecule has 2 fully saturated rings. The molecule has 1 saturated carbocycles. The van der Waals surface area contributed by atoms with E-state index in [0.29, 0.717) is 34.1 Å². The highest BCUT2D eigenvalue weighted by atomic mass is 35.5. The fourth-order valence-corrected chi connectivity index (χ4v) is 4.14. The van der Waals surface area contributed by atoms with E-state index in [1.807, 2.05) is 24.3 Å². The molecule has 0 spiro atoms. The van der Waals surface area contributed by atoms with Gasteiger partial charge in [0.05, 0.1) is 32.2 Å². The molecule has 3 aromatic rings. The molecule has 1 aliphatic carbocycles. The van der Waals surface area contributed by atoms with Gasteiger partial charge in [-0.15, -0.1) is 0 Å². The van der Waals surface area contributed by atoms with Crippen molar-refractivity contribution in [2.75, 3.05) is 54.7 Å². The van der Waals surface area contributed by atoms with Gasteiger partial charge in [0.2, 0.25) is 5.95 Å². The van der Waals surface area contributed by atoms with Crippen molar-refractivity contribution in [3.8, 4) is 5.75 Å². The molecule has 1 aliphatic heterocycles. The summed E-state index contributed by atoms with van der Waals surface area (Å²) in [7, 11) is 1.65. The summed E-state index contributed by atoms with van der Waals surface area (Å²) in [6, 6.07) is 12.0. The lowest BCUT2D eigenvalue weighted by Crippen LogP contribution is -2.36. The maximum Gasteiger partial charge on any atom is 0.229 e. The van der Waals surface area contributed by atoms with Crippen molar-refractivity contribution in [2.45, 2.75) is 18.8 Å². The number of nitrogens with zero attached hydrogens (tertiary/aromatic N) is 3. The first-order valence-corrected chi connectivity index (χ1v) is 11.5. The predicted molar refractivity (Wildman–Crippen MR) is 132 cm³/mol. The minimum atomic E-state index is 0.412. The van der Waals surface area contributed by atoms with Crippen molar-refractivity contribution in [3.05, 3.63) is 53.2 Å². The van der Waals surface area contributed by atoms with E-state index in [2.05, 4.69) is 37.6 Å². The molecule has 2 aliphatic rings. The maximum atomic E-state index is 6.42. The Morgan fingerprint density at radius 3 is 2.67 bits per heavy atom. The number of rotatable bonds is 7. The Bertz CT molecular complexity index is 1150. The molecule has 0 bridgehead atoms. The standard InChI is InChI=1S/C24H27ClN6O2/c1-32-22-13-17(31-8-10-33-11-9-31)5-7-20(22)28-23-19(25)14-27-24(30-23)29-21-12-16(26)4-6-18(21)15-2-3-15/h4-7,12-15H,2-3,8-11,26H2,1H3,(H2,27,28,29,30). The van der Waals surface area contributed by atoms with E-state index in [0.717, 1.165) is 43.4 Å². The van der Waals surface area contributed by atoms with Crippen LogP contribution in [0.25, 0.3) is 0 Å². The van der Waals surface area contributed by atoms with Crippen LogP contribution < -0.4 is 26.0 Å². The van der Waals surface area contributed by atoms with Gasteiger partial charge < -0.3 is 30.7 Å². The molecule has 33 heavy (non-hydrogen) atoms. The number of nitrogen functional groups attached to an aromatic ring is 1. The number of benzene rings is 2. The van der Waals surface area contributed by atoms with E-state index in [1.54, 1.807) is 13.3 Å². The SMILES string of the molecule is COc1cc(N2CCOCC2)ccc1Nc1nc(Nc2cc(N)ccc2C2CC2)ncc1Cl. The third kappa shape index (κ3) is 4.91. The van der Waals surface area contributed by atoms with Crippen LogP contribution in [0.1, 0.15) is 24.3 Å². The van der Waals surface area contributed by atoms with E-state index in [1.165, 1.54) is 18.4 Å². The topological polar surface area (TPSA) is 97.6 Å². The number of anilines is 6. The molecule has 0 unspecified atom stereocenters. The minimum absolute atomic E-state index is 0.412. The van der Waals surface area contributed by atoms with Gasteiger partial charge in [-0.1, -0.05) is 17.7 Å². The van der Waals surface area contributed by atoms with Gasteiger partial charge >= 0.3 is 0 Å². The van der Waals surface area contributed by atoms with Gasteiger partial charge in [-0.2, -0.15) is 4.98 Å². The van der Waals surface area contributed by atoms with Gasteiger partial charge in [-0.05, 0) is 48.6 Å². The summed E-state index contributed by atoms with van der Waals surface area (Å²) in [5.74, 6) is 2.20.